The minimum Gasteiger partial charge on any atom is -0.411 e. The van der Waals surface area contributed by atoms with E-state index in [9.17, 15) is 0 Å². The molecule has 0 aromatic rings. The summed E-state index contributed by atoms with van der Waals surface area (Å²) >= 11 is 0. The zero-order valence-corrected chi connectivity index (χ0v) is 3.96. The molecule has 0 aromatic carbocycles. The van der Waals surface area contributed by atoms with Gasteiger partial charge < -0.3 is 5.21 Å². The normalized spacial score (nSPS) is 26.6. The van der Waals surface area contributed by atoms with Crippen LogP contribution in [0.4, 0.5) is 0 Å². The van der Waals surface area contributed by atoms with Gasteiger partial charge in [-0.15, -0.1) is 0 Å². The first-order chi connectivity index (χ1) is 3.43. The second kappa shape index (κ2) is 1.93. The van der Waals surface area contributed by atoms with Crippen LogP contribution in [0.2, 0.25) is 0 Å². The van der Waals surface area contributed by atoms with Crippen molar-refractivity contribution >= 4 is 5.71 Å². The van der Waals surface area contributed by atoms with Crippen molar-refractivity contribution in [2.45, 2.75) is 6.42 Å². The van der Waals surface area contributed by atoms with Crippen molar-refractivity contribution in [3.8, 4) is 0 Å². The van der Waals surface area contributed by atoms with Crippen molar-refractivity contribution in [2.75, 3.05) is 13.1 Å². The highest BCUT2D eigenvalue weighted by Gasteiger charge is 2.07. The fourth-order valence-corrected chi connectivity index (χ4v) is 0.577. The van der Waals surface area contributed by atoms with Gasteiger partial charge in [-0.25, -0.2) is 5.32 Å². The van der Waals surface area contributed by atoms with Crippen molar-refractivity contribution in [3.63, 3.8) is 0 Å². The summed E-state index contributed by atoms with van der Waals surface area (Å²) in [7, 11) is 0. The minimum atomic E-state index is 0.635. The average Bonchev–Trinajstić information content (AvgIpc) is 2.14. The Kier molecular flexibility index (Phi) is 1.26. The molecule has 7 heavy (non-hydrogen) atoms. The first kappa shape index (κ1) is 4.59. The molecule has 1 fully saturated rings. The van der Waals surface area contributed by atoms with Gasteiger partial charge in [0.2, 0.25) is 0 Å². The van der Waals surface area contributed by atoms with Crippen LogP contribution in [0.25, 0.3) is 0 Å². The minimum absolute atomic E-state index is 0.635. The lowest BCUT2D eigenvalue weighted by Crippen LogP contribution is -1.99. The Bertz CT molecular complexity index is 81.7. The van der Waals surface area contributed by atoms with Crippen LogP contribution >= 0.6 is 0 Å². The monoisotopic (exact) mass is 99.1 g/mol. The molecule has 0 unspecified atom stereocenters. The molecule has 0 atom stereocenters. The molecule has 0 bridgehead atoms. The van der Waals surface area contributed by atoms with E-state index in [-0.39, 0.29) is 0 Å². The maximum atomic E-state index is 8.09. The van der Waals surface area contributed by atoms with Crippen LogP contribution < -0.4 is 5.32 Å². The predicted octanol–water partition coefficient (Wildman–Crippen LogP) is -0.175. The molecule has 3 nitrogen and oxygen atoms in total. The van der Waals surface area contributed by atoms with Gasteiger partial charge >= 0.3 is 0 Å². The fraction of sp³-hybridized carbons (Fsp3) is 0.750. The summed E-state index contributed by atoms with van der Waals surface area (Å²) in [6.45, 7) is 1.47. The van der Waals surface area contributed by atoms with Crippen LogP contribution in [0.5, 0.6) is 0 Å². The van der Waals surface area contributed by atoms with Gasteiger partial charge in [-0.2, -0.15) is 0 Å². The Balaban J connectivity index is 2.41. The van der Waals surface area contributed by atoms with Gasteiger partial charge in [-0.3, -0.25) is 0 Å². The SMILES string of the molecule is ON=C1CC[N]C1. The molecule has 1 rings (SSSR count). The van der Waals surface area contributed by atoms with Gasteiger partial charge in [0.05, 0.1) is 12.3 Å². The van der Waals surface area contributed by atoms with Gasteiger partial charge in [0.15, 0.2) is 0 Å². The lowest BCUT2D eigenvalue weighted by molar-refractivity contribution is 0.318. The summed E-state index contributed by atoms with van der Waals surface area (Å²) in [5.74, 6) is 0. The molecule has 1 N–H and O–H groups in total. The van der Waals surface area contributed by atoms with Crippen LogP contribution in [0.1, 0.15) is 6.42 Å². The van der Waals surface area contributed by atoms with Crippen molar-refractivity contribution in [1.29, 1.82) is 0 Å². The smallest absolute Gasteiger partial charge is 0.0738 e. The van der Waals surface area contributed by atoms with E-state index in [0.717, 1.165) is 18.7 Å². The Hall–Kier alpha value is -0.570. The van der Waals surface area contributed by atoms with Gasteiger partial charge in [-0.1, -0.05) is 5.16 Å². The van der Waals surface area contributed by atoms with E-state index in [0.29, 0.717) is 6.54 Å². The summed E-state index contributed by atoms with van der Waals surface area (Å²) in [6.07, 6.45) is 0.844. The average molecular weight is 99.1 g/mol. The summed E-state index contributed by atoms with van der Waals surface area (Å²) in [6, 6.07) is 0. The predicted molar refractivity (Wildman–Crippen MR) is 25.7 cm³/mol. The van der Waals surface area contributed by atoms with Crippen LogP contribution in [0.15, 0.2) is 5.16 Å². The Morgan fingerprint density at radius 2 is 2.57 bits per heavy atom. The first-order valence-corrected chi connectivity index (χ1v) is 2.26. The van der Waals surface area contributed by atoms with E-state index in [1.165, 1.54) is 0 Å². The number of rotatable bonds is 0. The lowest BCUT2D eigenvalue weighted by Gasteiger charge is -1.80. The third kappa shape index (κ3) is 0.899. The molecule has 1 radical (unpaired) electrons. The zero-order chi connectivity index (χ0) is 5.11. The van der Waals surface area contributed by atoms with Gasteiger partial charge in [0.25, 0.3) is 0 Å². The Morgan fingerprint density at radius 3 is 2.86 bits per heavy atom. The second-order valence-electron chi connectivity index (χ2n) is 1.52. The van der Waals surface area contributed by atoms with E-state index >= 15 is 0 Å². The summed E-state index contributed by atoms with van der Waals surface area (Å²) in [5, 5.41) is 15.0. The molecule has 0 aromatic heterocycles. The summed E-state index contributed by atoms with van der Waals surface area (Å²) < 4.78 is 0. The number of hydrogen-bond donors (Lipinski definition) is 1. The molecular weight excluding hydrogens is 92.1 g/mol. The quantitative estimate of drug-likeness (QED) is 0.332. The molecular formula is C4H7N2O. The third-order valence-corrected chi connectivity index (χ3v) is 0.994. The number of oxime groups is 1. The van der Waals surface area contributed by atoms with Crippen LogP contribution in [-0.4, -0.2) is 24.0 Å². The molecule has 1 aliphatic rings. The molecule has 0 amide bonds. The van der Waals surface area contributed by atoms with Gasteiger partial charge in [0.1, 0.15) is 0 Å². The highest BCUT2D eigenvalue weighted by Crippen LogP contribution is 1.91. The highest BCUT2D eigenvalue weighted by molar-refractivity contribution is 5.87. The second-order valence-corrected chi connectivity index (χ2v) is 1.52. The molecule has 0 saturated carbocycles. The van der Waals surface area contributed by atoms with E-state index in [2.05, 4.69) is 10.5 Å². The molecule has 0 spiro atoms. The van der Waals surface area contributed by atoms with E-state index in [4.69, 9.17) is 5.21 Å². The topological polar surface area (TPSA) is 46.7 Å². The highest BCUT2D eigenvalue weighted by atomic mass is 16.4. The van der Waals surface area contributed by atoms with Crippen molar-refractivity contribution in [2.24, 2.45) is 5.16 Å². The van der Waals surface area contributed by atoms with Crippen LogP contribution in [-0.2, 0) is 0 Å². The largest absolute Gasteiger partial charge is 0.411 e. The molecule has 1 heterocycles. The molecule has 1 aliphatic heterocycles. The van der Waals surface area contributed by atoms with Crippen molar-refractivity contribution < 1.29 is 5.21 Å². The van der Waals surface area contributed by atoms with Crippen LogP contribution in [0.3, 0.4) is 0 Å². The Labute approximate surface area is 42.0 Å². The fourth-order valence-electron chi connectivity index (χ4n) is 0.577. The molecule has 1 saturated heterocycles. The maximum absolute atomic E-state index is 8.09. The van der Waals surface area contributed by atoms with Gasteiger partial charge in [-0.05, 0) is 0 Å². The van der Waals surface area contributed by atoms with E-state index < -0.39 is 0 Å². The molecule has 39 valence electrons. The Morgan fingerprint density at radius 1 is 1.71 bits per heavy atom. The molecule has 3 heteroatoms. The van der Waals surface area contributed by atoms with E-state index in [1.807, 2.05) is 0 Å². The third-order valence-electron chi connectivity index (χ3n) is 0.994. The maximum Gasteiger partial charge on any atom is 0.0738 e. The molecule has 0 aliphatic carbocycles. The van der Waals surface area contributed by atoms with E-state index in [1.54, 1.807) is 0 Å². The summed E-state index contributed by atoms with van der Waals surface area (Å²) in [4.78, 5) is 0. The number of hydrogen-bond acceptors (Lipinski definition) is 2. The lowest BCUT2D eigenvalue weighted by atomic mass is 10.3. The number of nitrogens with zero attached hydrogens (tertiary/aromatic N) is 2. The summed E-state index contributed by atoms with van der Waals surface area (Å²) in [5.41, 5.74) is 0.806. The standard InChI is InChI=1S/C4H7N2O/c7-6-4-1-2-5-3-4/h7H,1-3H2. The van der Waals surface area contributed by atoms with Crippen molar-refractivity contribution in [1.82, 2.24) is 5.32 Å². The first-order valence-electron chi connectivity index (χ1n) is 2.26. The zero-order valence-electron chi connectivity index (χ0n) is 3.96. The van der Waals surface area contributed by atoms with Gasteiger partial charge in [0, 0.05) is 13.0 Å². The van der Waals surface area contributed by atoms with Crippen molar-refractivity contribution in [3.05, 3.63) is 0 Å². The van der Waals surface area contributed by atoms with Crippen LogP contribution in [0, 0.1) is 0 Å².